The van der Waals surface area contributed by atoms with Gasteiger partial charge in [-0.25, -0.2) is 4.57 Å². The number of allylic oxidation sites excluding steroid dienone is 3. The van der Waals surface area contributed by atoms with Crippen molar-refractivity contribution in [1.82, 2.24) is 5.32 Å². The summed E-state index contributed by atoms with van der Waals surface area (Å²) in [5.74, 6) is -0.207. The van der Waals surface area contributed by atoms with Crippen LogP contribution in [-0.4, -0.2) is 47.8 Å². The summed E-state index contributed by atoms with van der Waals surface area (Å²) in [7, 11) is -4.33. The molecule has 0 heterocycles. The highest BCUT2D eigenvalue weighted by Gasteiger charge is 2.26. The Balaban J connectivity index is 4.36. The number of rotatable bonds is 32. The number of amides is 1. The summed E-state index contributed by atoms with van der Waals surface area (Å²) in [4.78, 5) is 22.5. The second-order valence-electron chi connectivity index (χ2n) is 11.7. The van der Waals surface area contributed by atoms with E-state index in [1.165, 1.54) is 96.3 Å². The summed E-state index contributed by atoms with van der Waals surface area (Å²) in [5.41, 5.74) is 5.33. The number of carbonyl (C=O) groups is 1. The van der Waals surface area contributed by atoms with Gasteiger partial charge in [0.15, 0.2) is 0 Å². The molecule has 0 fully saturated rings. The maximum Gasteiger partial charge on any atom is 0.472 e. The minimum absolute atomic E-state index is 0.0752. The van der Waals surface area contributed by atoms with Crippen LogP contribution in [0.4, 0.5) is 0 Å². The maximum absolute atomic E-state index is 12.6. The Hall–Kier alpha value is -1.02. The molecule has 1 amide bonds. The monoisotopic (exact) mass is 630 g/mol. The van der Waals surface area contributed by atoms with Crippen LogP contribution in [0.2, 0.25) is 0 Å². The molecule has 0 aliphatic rings. The number of phosphoric ester groups is 1. The second kappa shape index (κ2) is 31.0. The predicted molar refractivity (Wildman–Crippen MR) is 180 cm³/mol. The summed E-state index contributed by atoms with van der Waals surface area (Å²) in [6.07, 6.45) is 32.3. The quantitative estimate of drug-likeness (QED) is 0.0332. The Kier molecular flexibility index (Phi) is 30.2. The minimum atomic E-state index is -4.33. The number of aliphatic hydroxyl groups excluding tert-OH is 1. The highest BCUT2D eigenvalue weighted by molar-refractivity contribution is 7.47. The zero-order valence-electron chi connectivity index (χ0n) is 27.7. The Morgan fingerprint density at radius 3 is 1.79 bits per heavy atom. The van der Waals surface area contributed by atoms with Crippen molar-refractivity contribution < 1.29 is 28.4 Å². The minimum Gasteiger partial charge on any atom is -0.387 e. The van der Waals surface area contributed by atoms with Crippen molar-refractivity contribution >= 4 is 13.7 Å². The van der Waals surface area contributed by atoms with E-state index in [1.54, 1.807) is 6.08 Å². The maximum atomic E-state index is 12.6. The molecule has 8 nitrogen and oxygen atoms in total. The van der Waals surface area contributed by atoms with Gasteiger partial charge in [0.2, 0.25) is 5.91 Å². The van der Waals surface area contributed by atoms with Crippen molar-refractivity contribution in [2.45, 2.75) is 167 Å². The molecule has 0 saturated heterocycles. The molecule has 0 radical (unpaired) electrons. The van der Waals surface area contributed by atoms with E-state index in [9.17, 15) is 19.4 Å². The number of phosphoric acid groups is 1. The van der Waals surface area contributed by atoms with E-state index in [0.29, 0.717) is 6.42 Å². The van der Waals surface area contributed by atoms with Crippen LogP contribution in [0.25, 0.3) is 0 Å². The molecular weight excluding hydrogens is 563 g/mol. The number of hydrogen-bond acceptors (Lipinski definition) is 6. The van der Waals surface area contributed by atoms with Gasteiger partial charge in [0.25, 0.3) is 0 Å². The SMILES string of the molecule is CCCCCC/C=C/CC/C=C/C(O)C(COP(=O)(O)OCCN)NC(=O)CCCCCCCCCCCCCCCC. The Morgan fingerprint density at radius 1 is 0.744 bits per heavy atom. The zero-order chi connectivity index (χ0) is 31.9. The Bertz CT molecular complexity index is 734. The number of aliphatic hydroxyl groups is 1. The smallest absolute Gasteiger partial charge is 0.387 e. The molecule has 0 rings (SSSR count). The molecule has 5 N–H and O–H groups in total. The molecule has 0 bridgehead atoms. The van der Waals surface area contributed by atoms with Gasteiger partial charge < -0.3 is 21.1 Å². The lowest BCUT2D eigenvalue weighted by Gasteiger charge is -2.23. The topological polar surface area (TPSA) is 131 Å². The molecule has 43 heavy (non-hydrogen) atoms. The number of unbranched alkanes of at least 4 members (excludes halogenated alkanes) is 18. The lowest BCUT2D eigenvalue weighted by molar-refractivity contribution is -0.123. The third kappa shape index (κ3) is 29.5. The van der Waals surface area contributed by atoms with Crippen molar-refractivity contribution in [2.75, 3.05) is 19.8 Å². The highest BCUT2D eigenvalue weighted by atomic mass is 31.2. The number of nitrogens with one attached hydrogen (secondary N) is 1. The van der Waals surface area contributed by atoms with Gasteiger partial charge in [-0.3, -0.25) is 13.8 Å². The molecule has 0 aromatic heterocycles. The molecule has 9 heteroatoms. The van der Waals surface area contributed by atoms with Crippen LogP contribution >= 0.6 is 7.82 Å². The number of carbonyl (C=O) groups excluding carboxylic acids is 1. The first kappa shape index (κ1) is 42.0. The summed E-state index contributed by atoms with van der Waals surface area (Å²) in [5, 5.41) is 13.5. The van der Waals surface area contributed by atoms with E-state index in [2.05, 4.69) is 31.3 Å². The Morgan fingerprint density at radius 2 is 1.23 bits per heavy atom. The zero-order valence-corrected chi connectivity index (χ0v) is 28.6. The number of nitrogens with two attached hydrogens (primary N) is 1. The van der Waals surface area contributed by atoms with Gasteiger partial charge in [0.1, 0.15) is 0 Å². The first-order valence-electron chi connectivity index (χ1n) is 17.5. The van der Waals surface area contributed by atoms with Gasteiger partial charge in [0, 0.05) is 13.0 Å². The van der Waals surface area contributed by atoms with Gasteiger partial charge in [0.05, 0.1) is 25.4 Å². The van der Waals surface area contributed by atoms with E-state index in [0.717, 1.165) is 38.5 Å². The van der Waals surface area contributed by atoms with Gasteiger partial charge in [-0.05, 0) is 32.1 Å². The number of hydrogen-bond donors (Lipinski definition) is 4. The van der Waals surface area contributed by atoms with Crippen LogP contribution < -0.4 is 11.1 Å². The molecule has 3 atom stereocenters. The van der Waals surface area contributed by atoms with E-state index in [-0.39, 0.29) is 25.7 Å². The fraction of sp³-hybridized carbons (Fsp3) is 0.853. The first-order chi connectivity index (χ1) is 20.9. The van der Waals surface area contributed by atoms with Crippen molar-refractivity contribution in [3.63, 3.8) is 0 Å². The van der Waals surface area contributed by atoms with E-state index in [1.807, 2.05) is 6.08 Å². The van der Waals surface area contributed by atoms with Gasteiger partial charge in [-0.2, -0.15) is 0 Å². The van der Waals surface area contributed by atoms with Crippen LogP contribution in [-0.2, 0) is 18.4 Å². The normalized spacial score (nSPS) is 14.8. The summed E-state index contributed by atoms with van der Waals surface area (Å²) < 4.78 is 21.9. The molecule has 0 aromatic carbocycles. The molecule has 3 unspecified atom stereocenters. The lowest BCUT2D eigenvalue weighted by Crippen LogP contribution is -2.45. The molecule has 0 saturated carbocycles. The second-order valence-corrected chi connectivity index (χ2v) is 13.2. The summed E-state index contributed by atoms with van der Waals surface area (Å²) >= 11 is 0. The third-order valence-electron chi connectivity index (χ3n) is 7.53. The van der Waals surface area contributed by atoms with Crippen molar-refractivity contribution in [2.24, 2.45) is 5.73 Å². The fourth-order valence-electron chi connectivity index (χ4n) is 4.85. The first-order valence-corrected chi connectivity index (χ1v) is 19.0. The van der Waals surface area contributed by atoms with Crippen LogP contribution in [0.5, 0.6) is 0 Å². The highest BCUT2D eigenvalue weighted by Crippen LogP contribution is 2.43. The molecule has 254 valence electrons. The molecule has 0 aliphatic carbocycles. The molecular formula is C34H67N2O6P. The van der Waals surface area contributed by atoms with Crippen molar-refractivity contribution in [3.8, 4) is 0 Å². The van der Waals surface area contributed by atoms with Crippen LogP contribution in [0.15, 0.2) is 24.3 Å². The van der Waals surface area contributed by atoms with E-state index >= 15 is 0 Å². The summed E-state index contributed by atoms with van der Waals surface area (Å²) in [6.45, 7) is 4.05. The van der Waals surface area contributed by atoms with Crippen molar-refractivity contribution in [1.29, 1.82) is 0 Å². The van der Waals surface area contributed by atoms with Crippen molar-refractivity contribution in [3.05, 3.63) is 24.3 Å². The van der Waals surface area contributed by atoms with Gasteiger partial charge in [-0.1, -0.05) is 141 Å². The van der Waals surface area contributed by atoms with Gasteiger partial charge >= 0.3 is 7.82 Å². The van der Waals surface area contributed by atoms with Crippen LogP contribution in [0.3, 0.4) is 0 Å². The van der Waals surface area contributed by atoms with Gasteiger partial charge in [-0.15, -0.1) is 0 Å². The predicted octanol–water partition coefficient (Wildman–Crippen LogP) is 8.66. The standard InChI is InChI=1S/C34H67N2O6P/c1-3-5-7-9-11-13-15-16-17-18-20-22-24-26-28-34(38)36-32(31-42-43(39,40)41-30-29-35)33(37)27-25-23-21-19-14-12-10-8-6-4-2/h14,19,25,27,32-33,37H,3-13,15-18,20-24,26,28-31,35H2,1-2H3,(H,36,38)(H,39,40)/b19-14+,27-25+. The van der Waals surface area contributed by atoms with E-state index < -0.39 is 20.0 Å². The largest absolute Gasteiger partial charge is 0.472 e. The van der Waals surface area contributed by atoms with E-state index in [4.69, 9.17) is 14.8 Å². The molecule has 0 spiro atoms. The van der Waals surface area contributed by atoms with Crippen LogP contribution in [0, 0.1) is 0 Å². The Labute approximate surface area is 264 Å². The lowest BCUT2D eigenvalue weighted by atomic mass is 10.0. The average molecular weight is 631 g/mol. The third-order valence-corrected chi connectivity index (χ3v) is 8.51. The molecule has 0 aromatic rings. The molecule has 0 aliphatic heterocycles. The van der Waals surface area contributed by atoms with Crippen LogP contribution in [0.1, 0.15) is 155 Å². The fourth-order valence-corrected chi connectivity index (χ4v) is 5.61. The summed E-state index contributed by atoms with van der Waals surface area (Å²) in [6, 6.07) is -0.869. The average Bonchev–Trinajstić information content (AvgIpc) is 2.99.